The van der Waals surface area contributed by atoms with E-state index < -0.39 is 40.8 Å². The van der Waals surface area contributed by atoms with Crippen LogP contribution in [0, 0.1) is 5.82 Å². The van der Waals surface area contributed by atoms with Gasteiger partial charge in [0, 0.05) is 5.56 Å². The first-order chi connectivity index (χ1) is 8.73. The number of phenols is 1. The summed E-state index contributed by atoms with van der Waals surface area (Å²) < 4.78 is 44.5. The lowest BCUT2D eigenvalue weighted by molar-refractivity contribution is -0.174. The second-order valence-electron chi connectivity index (χ2n) is 3.72. The Balaban J connectivity index is 3.16. The smallest absolute Gasteiger partial charge is 0.379 e. The van der Waals surface area contributed by atoms with Crippen molar-refractivity contribution in [2.75, 3.05) is 12.3 Å². The summed E-state index contributed by atoms with van der Waals surface area (Å²) >= 11 is 0. The Kier molecular flexibility index (Phi) is 4.25. The quantitative estimate of drug-likeness (QED) is 0.438. The Morgan fingerprint density at radius 1 is 1.53 bits per heavy atom. The van der Waals surface area contributed by atoms with Gasteiger partial charge in [-0.15, -0.1) is 0 Å². The molecule has 0 aromatic heterocycles. The number of ether oxygens (including phenoxy) is 1. The van der Waals surface area contributed by atoms with Gasteiger partial charge in [-0.05, 0) is 13.0 Å². The molecule has 5 N–H and O–H groups in total. The van der Waals surface area contributed by atoms with Crippen molar-refractivity contribution in [1.82, 2.24) is 0 Å². The highest BCUT2D eigenvalue weighted by Gasteiger charge is 2.48. The van der Waals surface area contributed by atoms with Gasteiger partial charge in [-0.1, -0.05) is 6.07 Å². The lowest BCUT2D eigenvalue weighted by atomic mass is 9.99. The molecule has 5 nitrogen and oxygen atoms in total. The Labute approximate surface area is 107 Å². The van der Waals surface area contributed by atoms with Crippen LogP contribution in [0.1, 0.15) is 18.5 Å². The van der Waals surface area contributed by atoms with Crippen molar-refractivity contribution in [2.24, 2.45) is 5.73 Å². The molecule has 0 saturated heterocycles. The third-order valence-corrected chi connectivity index (χ3v) is 2.47. The minimum Gasteiger partial charge on any atom is -0.505 e. The van der Waals surface area contributed by atoms with E-state index in [-0.39, 0.29) is 6.61 Å². The van der Waals surface area contributed by atoms with E-state index in [9.17, 15) is 23.1 Å². The maximum Gasteiger partial charge on any atom is 0.379 e. The van der Waals surface area contributed by atoms with E-state index >= 15 is 0 Å². The number of hydrogen-bond donors (Lipinski definition) is 3. The zero-order valence-corrected chi connectivity index (χ0v) is 9.99. The molecule has 0 unspecified atom stereocenters. The summed E-state index contributed by atoms with van der Waals surface area (Å²) in [6.45, 7) is 1.10. The summed E-state index contributed by atoms with van der Waals surface area (Å²) in [7, 11) is 0. The van der Waals surface area contributed by atoms with Crippen LogP contribution in [0.3, 0.4) is 0 Å². The van der Waals surface area contributed by atoms with E-state index in [4.69, 9.17) is 11.5 Å². The molecular formula is C11H13F3N2O3. The number of aromatic hydroxyl groups is 1. The number of carbonyl (C=O) groups is 1. The van der Waals surface area contributed by atoms with E-state index in [0.29, 0.717) is 0 Å². The Bertz CT molecular complexity index is 494. The van der Waals surface area contributed by atoms with E-state index in [1.807, 2.05) is 0 Å². The summed E-state index contributed by atoms with van der Waals surface area (Å²) in [6, 6.07) is -0.598. The van der Waals surface area contributed by atoms with Gasteiger partial charge < -0.3 is 21.3 Å². The largest absolute Gasteiger partial charge is 0.505 e. The van der Waals surface area contributed by atoms with Gasteiger partial charge in [0.1, 0.15) is 23.3 Å². The average molecular weight is 278 g/mol. The van der Waals surface area contributed by atoms with E-state index in [2.05, 4.69) is 4.74 Å². The number of nitrogens with two attached hydrogens (primary N) is 2. The molecule has 0 aliphatic rings. The normalized spacial score (nSPS) is 13.1. The number of esters is 1. The lowest BCUT2D eigenvalue weighted by Gasteiger charge is -2.23. The summed E-state index contributed by atoms with van der Waals surface area (Å²) in [6.07, 6.45) is 0. The predicted molar refractivity (Wildman–Crippen MR) is 61.0 cm³/mol. The summed E-state index contributed by atoms with van der Waals surface area (Å²) in [5, 5.41) is 9.49. The second-order valence-corrected chi connectivity index (χ2v) is 3.72. The fraction of sp³-hybridized carbons (Fsp3) is 0.364. The van der Waals surface area contributed by atoms with E-state index in [1.54, 1.807) is 0 Å². The minimum absolute atomic E-state index is 0.251. The predicted octanol–water partition coefficient (Wildman–Crippen LogP) is 1.31. The van der Waals surface area contributed by atoms with Crippen molar-refractivity contribution in [3.63, 3.8) is 0 Å². The minimum atomic E-state index is -4.07. The number of hydrogen-bond acceptors (Lipinski definition) is 5. The van der Waals surface area contributed by atoms with Crippen molar-refractivity contribution in [1.29, 1.82) is 0 Å². The van der Waals surface area contributed by atoms with E-state index in [1.165, 1.54) is 6.92 Å². The zero-order valence-electron chi connectivity index (χ0n) is 9.99. The number of nitrogen functional groups attached to an aromatic ring is 1. The van der Waals surface area contributed by atoms with Crippen molar-refractivity contribution < 1.29 is 27.8 Å². The molecule has 0 amide bonds. The molecule has 0 heterocycles. The fourth-order valence-corrected chi connectivity index (χ4v) is 1.40. The number of phenolic OH excluding ortho intramolecular Hbond substituents is 1. The molecule has 1 aromatic rings. The van der Waals surface area contributed by atoms with Crippen LogP contribution >= 0.6 is 0 Å². The van der Waals surface area contributed by atoms with Gasteiger partial charge in [0.25, 0.3) is 0 Å². The van der Waals surface area contributed by atoms with Crippen molar-refractivity contribution >= 4 is 11.7 Å². The number of carbonyl (C=O) groups excluding carboxylic acids is 1. The number of halogens is 3. The van der Waals surface area contributed by atoms with Gasteiger partial charge in [0.15, 0.2) is 0 Å². The van der Waals surface area contributed by atoms with E-state index in [0.717, 1.165) is 12.1 Å². The van der Waals surface area contributed by atoms with Gasteiger partial charge in [-0.3, -0.25) is 0 Å². The van der Waals surface area contributed by atoms with Gasteiger partial charge in [0.05, 0.1) is 6.61 Å². The molecule has 8 heteroatoms. The first kappa shape index (κ1) is 15.1. The molecule has 0 fully saturated rings. The molecule has 0 spiro atoms. The molecule has 106 valence electrons. The molecule has 1 atom stereocenters. The standard InChI is InChI=1S/C11H13F3N2O3/c1-2-19-10(18)11(13,14)9(16)5-3-4-6(12)7(15)8(5)17/h3-4,9,17H,2,15-16H2,1H3/t9-/m0/s1. The van der Waals surface area contributed by atoms with Crippen LogP contribution in [0.5, 0.6) is 5.75 Å². The molecule has 0 aliphatic carbocycles. The number of anilines is 1. The third kappa shape index (κ3) is 2.73. The molecule has 1 rings (SSSR count). The van der Waals surface area contributed by atoms with Crippen LogP contribution in [-0.4, -0.2) is 23.6 Å². The molecule has 1 aromatic carbocycles. The van der Waals surface area contributed by atoms with Crippen molar-refractivity contribution in [2.45, 2.75) is 18.9 Å². The Hall–Kier alpha value is -1.96. The van der Waals surface area contributed by atoms with Crippen molar-refractivity contribution in [3.8, 4) is 5.75 Å². The second kappa shape index (κ2) is 5.35. The van der Waals surface area contributed by atoms with Crippen molar-refractivity contribution in [3.05, 3.63) is 23.5 Å². The Morgan fingerprint density at radius 2 is 2.11 bits per heavy atom. The maximum absolute atomic E-state index is 13.7. The first-order valence-electron chi connectivity index (χ1n) is 5.30. The molecule has 0 radical (unpaired) electrons. The van der Waals surface area contributed by atoms with Crippen LogP contribution in [0.4, 0.5) is 18.9 Å². The number of rotatable bonds is 4. The fourth-order valence-electron chi connectivity index (χ4n) is 1.40. The van der Waals surface area contributed by atoms with Crippen LogP contribution in [0.25, 0.3) is 0 Å². The van der Waals surface area contributed by atoms with Crippen LogP contribution < -0.4 is 11.5 Å². The Morgan fingerprint density at radius 3 is 2.63 bits per heavy atom. The third-order valence-electron chi connectivity index (χ3n) is 2.47. The molecule has 0 saturated carbocycles. The summed E-state index contributed by atoms with van der Waals surface area (Å²) in [5.41, 5.74) is 9.13. The SMILES string of the molecule is CCOC(=O)C(F)(F)[C@@H](N)c1ccc(F)c(N)c1O. The lowest BCUT2D eigenvalue weighted by Crippen LogP contribution is -2.41. The number of benzene rings is 1. The maximum atomic E-state index is 13.7. The van der Waals surface area contributed by atoms with Gasteiger partial charge >= 0.3 is 11.9 Å². The molecule has 0 aliphatic heterocycles. The summed E-state index contributed by atoms with van der Waals surface area (Å²) in [5.74, 6) is -7.80. The summed E-state index contributed by atoms with van der Waals surface area (Å²) in [4.78, 5) is 11.1. The van der Waals surface area contributed by atoms with Gasteiger partial charge in [0.2, 0.25) is 0 Å². The van der Waals surface area contributed by atoms with Gasteiger partial charge in [-0.25, -0.2) is 9.18 Å². The molecule has 19 heavy (non-hydrogen) atoms. The van der Waals surface area contributed by atoms with Crippen LogP contribution in [-0.2, 0) is 9.53 Å². The molecular weight excluding hydrogens is 265 g/mol. The highest BCUT2D eigenvalue weighted by atomic mass is 19.3. The van der Waals surface area contributed by atoms with Gasteiger partial charge in [-0.2, -0.15) is 8.78 Å². The zero-order chi connectivity index (χ0) is 14.8. The highest BCUT2D eigenvalue weighted by molar-refractivity contribution is 5.79. The van der Waals surface area contributed by atoms with Crippen LogP contribution in [0.15, 0.2) is 12.1 Å². The monoisotopic (exact) mass is 278 g/mol. The average Bonchev–Trinajstić information content (AvgIpc) is 2.35. The number of alkyl halides is 2. The molecule has 0 bridgehead atoms. The first-order valence-corrected chi connectivity index (χ1v) is 5.30. The topological polar surface area (TPSA) is 98.6 Å². The van der Waals surface area contributed by atoms with Crippen LogP contribution in [0.2, 0.25) is 0 Å². The highest BCUT2D eigenvalue weighted by Crippen LogP contribution is 2.38.